The second kappa shape index (κ2) is 5.29. The first kappa shape index (κ1) is 14.3. The minimum atomic E-state index is -4.19. The summed E-state index contributed by atoms with van der Waals surface area (Å²) in [4.78, 5) is 12.2. The number of aryl methyl sites for hydroxylation is 1. The van der Waals surface area contributed by atoms with Crippen molar-refractivity contribution in [2.45, 2.75) is 19.5 Å². The van der Waals surface area contributed by atoms with Crippen LogP contribution in [0.2, 0.25) is 0 Å². The summed E-state index contributed by atoms with van der Waals surface area (Å²) in [6.07, 6.45) is -5.09. The molecule has 1 aromatic rings. The Bertz CT molecular complexity index is 443. The molecule has 0 heterocycles. The van der Waals surface area contributed by atoms with Crippen LogP contribution < -0.4 is 4.90 Å². The second-order valence-corrected chi connectivity index (χ2v) is 4.09. The highest BCUT2D eigenvalue weighted by molar-refractivity contribution is 5.89. The van der Waals surface area contributed by atoms with E-state index in [0.29, 0.717) is 11.3 Å². The van der Waals surface area contributed by atoms with Crippen molar-refractivity contribution < 1.29 is 23.1 Å². The van der Waals surface area contributed by atoms with Crippen molar-refractivity contribution in [2.75, 3.05) is 18.5 Å². The van der Waals surface area contributed by atoms with Crippen LogP contribution in [-0.4, -0.2) is 30.8 Å². The topological polar surface area (TPSA) is 40.5 Å². The Balaban J connectivity index is 2.78. The van der Waals surface area contributed by atoms with Gasteiger partial charge in [0.15, 0.2) is 0 Å². The molecule has 0 aromatic heterocycles. The third-order valence-electron chi connectivity index (χ3n) is 2.61. The van der Waals surface area contributed by atoms with Gasteiger partial charge in [0.05, 0.1) is 12.0 Å². The largest absolute Gasteiger partial charge is 0.478 e. The minimum absolute atomic E-state index is 0.156. The van der Waals surface area contributed by atoms with E-state index in [2.05, 4.69) is 0 Å². The smallest absolute Gasteiger partial charge is 0.390 e. The fourth-order valence-corrected chi connectivity index (χ4v) is 1.55. The van der Waals surface area contributed by atoms with E-state index in [1.807, 2.05) is 0 Å². The van der Waals surface area contributed by atoms with Gasteiger partial charge in [-0.2, -0.15) is 13.2 Å². The molecule has 18 heavy (non-hydrogen) atoms. The number of benzene rings is 1. The average molecular weight is 261 g/mol. The lowest BCUT2D eigenvalue weighted by Gasteiger charge is -2.21. The number of alkyl halides is 3. The Morgan fingerprint density at radius 3 is 2.44 bits per heavy atom. The van der Waals surface area contributed by atoms with Crippen LogP contribution in [0.3, 0.4) is 0 Å². The first-order valence-corrected chi connectivity index (χ1v) is 5.32. The van der Waals surface area contributed by atoms with E-state index in [-0.39, 0.29) is 12.1 Å². The maximum absolute atomic E-state index is 12.1. The molecule has 1 aromatic carbocycles. The van der Waals surface area contributed by atoms with Crippen LogP contribution in [0.5, 0.6) is 0 Å². The first-order chi connectivity index (χ1) is 8.20. The van der Waals surface area contributed by atoms with Gasteiger partial charge in [-0.1, -0.05) is 0 Å². The lowest BCUT2D eigenvalue weighted by atomic mass is 10.1. The van der Waals surface area contributed by atoms with Crippen LogP contribution in [0, 0.1) is 6.92 Å². The molecule has 1 rings (SSSR count). The Hall–Kier alpha value is -1.72. The van der Waals surface area contributed by atoms with Gasteiger partial charge >= 0.3 is 12.1 Å². The molecule has 1 N–H and O–H groups in total. The van der Waals surface area contributed by atoms with Crippen LogP contribution in [0.25, 0.3) is 0 Å². The summed E-state index contributed by atoms with van der Waals surface area (Å²) >= 11 is 0. The zero-order valence-corrected chi connectivity index (χ0v) is 10.1. The highest BCUT2D eigenvalue weighted by atomic mass is 19.4. The van der Waals surface area contributed by atoms with Crippen molar-refractivity contribution in [1.82, 2.24) is 0 Å². The molecule has 6 heteroatoms. The number of carboxylic acid groups (broad SMARTS) is 1. The van der Waals surface area contributed by atoms with Crippen LogP contribution in [0.1, 0.15) is 22.3 Å². The van der Waals surface area contributed by atoms with Crippen molar-refractivity contribution in [3.05, 3.63) is 29.3 Å². The lowest BCUT2D eigenvalue weighted by molar-refractivity contribution is -0.132. The number of aromatic carboxylic acids is 1. The summed E-state index contributed by atoms with van der Waals surface area (Å²) in [6, 6.07) is 4.48. The number of rotatable bonds is 4. The SMILES string of the molecule is Cc1cc(N(C)CCC(F)(F)F)ccc1C(=O)O. The molecule has 0 atom stereocenters. The van der Waals surface area contributed by atoms with E-state index < -0.39 is 18.6 Å². The molecule has 100 valence electrons. The summed E-state index contributed by atoms with van der Waals surface area (Å²) < 4.78 is 36.2. The standard InChI is InChI=1S/C12H14F3NO2/c1-8-7-9(3-4-10(8)11(17)18)16(2)6-5-12(13,14)15/h3-4,7H,5-6H2,1-2H3,(H,17,18). The number of hydrogen-bond donors (Lipinski definition) is 1. The monoisotopic (exact) mass is 261 g/mol. The molecule has 3 nitrogen and oxygen atoms in total. The summed E-state index contributed by atoms with van der Waals surface area (Å²) in [6.45, 7) is 1.46. The van der Waals surface area contributed by atoms with Gasteiger partial charge in [-0.05, 0) is 30.7 Å². The van der Waals surface area contributed by atoms with Crippen LogP contribution in [-0.2, 0) is 0 Å². The quantitative estimate of drug-likeness (QED) is 0.905. The van der Waals surface area contributed by atoms with Gasteiger partial charge in [0.2, 0.25) is 0 Å². The van der Waals surface area contributed by atoms with Gasteiger partial charge in [0.25, 0.3) is 0 Å². The van der Waals surface area contributed by atoms with Crippen molar-refractivity contribution in [3.63, 3.8) is 0 Å². The number of carboxylic acids is 1. The molecule has 0 aliphatic carbocycles. The zero-order valence-electron chi connectivity index (χ0n) is 10.1. The van der Waals surface area contributed by atoms with E-state index in [1.165, 1.54) is 17.0 Å². The maximum atomic E-state index is 12.1. The Labute approximate surface area is 103 Å². The second-order valence-electron chi connectivity index (χ2n) is 4.09. The molecule has 0 saturated heterocycles. The average Bonchev–Trinajstić information content (AvgIpc) is 2.24. The molecular weight excluding hydrogens is 247 g/mol. The number of anilines is 1. The zero-order chi connectivity index (χ0) is 13.9. The normalized spacial score (nSPS) is 11.4. The maximum Gasteiger partial charge on any atom is 0.390 e. The van der Waals surface area contributed by atoms with Gasteiger partial charge in [-0.15, -0.1) is 0 Å². The Kier molecular flexibility index (Phi) is 4.21. The fraction of sp³-hybridized carbons (Fsp3) is 0.417. The highest BCUT2D eigenvalue weighted by Gasteiger charge is 2.27. The molecule has 0 saturated carbocycles. The molecule has 0 amide bonds. The Morgan fingerprint density at radius 1 is 1.39 bits per heavy atom. The third kappa shape index (κ3) is 3.94. The summed E-state index contributed by atoms with van der Waals surface area (Å²) in [5.41, 5.74) is 1.25. The minimum Gasteiger partial charge on any atom is -0.478 e. The van der Waals surface area contributed by atoms with Crippen molar-refractivity contribution in [2.24, 2.45) is 0 Å². The van der Waals surface area contributed by atoms with Crippen LogP contribution in [0.4, 0.5) is 18.9 Å². The molecular formula is C12H14F3NO2. The van der Waals surface area contributed by atoms with E-state index >= 15 is 0 Å². The summed E-state index contributed by atoms with van der Waals surface area (Å²) in [5, 5.41) is 8.84. The van der Waals surface area contributed by atoms with E-state index in [0.717, 1.165) is 0 Å². The highest BCUT2D eigenvalue weighted by Crippen LogP contribution is 2.23. The fourth-order valence-electron chi connectivity index (χ4n) is 1.55. The molecule has 0 aliphatic rings. The van der Waals surface area contributed by atoms with Crippen molar-refractivity contribution >= 4 is 11.7 Å². The molecule has 0 fully saturated rings. The lowest BCUT2D eigenvalue weighted by Crippen LogP contribution is -2.24. The summed E-state index contributed by atoms with van der Waals surface area (Å²) in [7, 11) is 1.54. The van der Waals surface area contributed by atoms with E-state index in [9.17, 15) is 18.0 Å². The van der Waals surface area contributed by atoms with Gasteiger partial charge in [0.1, 0.15) is 0 Å². The van der Waals surface area contributed by atoms with Crippen LogP contribution >= 0.6 is 0 Å². The first-order valence-electron chi connectivity index (χ1n) is 5.32. The molecule has 0 radical (unpaired) electrons. The third-order valence-corrected chi connectivity index (χ3v) is 2.61. The predicted octanol–water partition coefficient (Wildman–Crippen LogP) is 3.08. The van der Waals surface area contributed by atoms with Crippen molar-refractivity contribution in [1.29, 1.82) is 0 Å². The van der Waals surface area contributed by atoms with Crippen LogP contribution in [0.15, 0.2) is 18.2 Å². The van der Waals surface area contributed by atoms with Gasteiger partial charge in [0, 0.05) is 19.3 Å². The molecule has 0 bridgehead atoms. The van der Waals surface area contributed by atoms with Gasteiger partial charge in [-0.25, -0.2) is 4.79 Å². The predicted molar refractivity (Wildman–Crippen MR) is 62.1 cm³/mol. The molecule has 0 spiro atoms. The summed E-state index contributed by atoms with van der Waals surface area (Å²) in [5.74, 6) is -1.04. The number of carbonyl (C=O) groups is 1. The Morgan fingerprint density at radius 2 is 2.00 bits per heavy atom. The number of nitrogens with zero attached hydrogens (tertiary/aromatic N) is 1. The number of hydrogen-bond acceptors (Lipinski definition) is 2. The van der Waals surface area contributed by atoms with Gasteiger partial charge in [-0.3, -0.25) is 0 Å². The van der Waals surface area contributed by atoms with E-state index in [4.69, 9.17) is 5.11 Å². The number of halogens is 3. The molecule has 0 aliphatic heterocycles. The van der Waals surface area contributed by atoms with Gasteiger partial charge < -0.3 is 10.0 Å². The molecule has 0 unspecified atom stereocenters. The van der Waals surface area contributed by atoms with E-state index in [1.54, 1.807) is 20.0 Å². The van der Waals surface area contributed by atoms with Crippen molar-refractivity contribution in [3.8, 4) is 0 Å².